The lowest BCUT2D eigenvalue weighted by Gasteiger charge is -2.30. The monoisotopic (exact) mass is 261 g/mol. The zero-order valence-electron chi connectivity index (χ0n) is 11.7. The topological polar surface area (TPSA) is 86.7 Å². The molecule has 2 atom stereocenters. The molecule has 0 bridgehead atoms. The number of nitrogens with zero attached hydrogens (tertiary/aromatic N) is 1. The summed E-state index contributed by atoms with van der Waals surface area (Å²) in [5, 5.41) is 20.1. The first-order valence-corrected chi connectivity index (χ1v) is 5.92. The van der Waals surface area contributed by atoms with Crippen molar-refractivity contribution in [2.75, 3.05) is 27.7 Å². The summed E-state index contributed by atoms with van der Waals surface area (Å²) in [6.45, 7) is 3.70. The molecule has 0 rings (SSSR count). The fourth-order valence-corrected chi connectivity index (χ4v) is 1.45. The van der Waals surface area contributed by atoms with E-state index in [-0.39, 0.29) is 12.3 Å². The molecule has 0 aliphatic carbocycles. The number of aliphatic hydroxyl groups is 1. The van der Waals surface area contributed by atoms with Gasteiger partial charge in [0.1, 0.15) is 6.54 Å². The SMILES string of the molecule is CC(C)[C@@H](O)C(=O)O[C@H](CC(=O)[O-])C[N+](C)(C)C. The van der Waals surface area contributed by atoms with Crippen molar-refractivity contribution in [3.63, 3.8) is 0 Å². The van der Waals surface area contributed by atoms with Crippen molar-refractivity contribution in [3.05, 3.63) is 0 Å². The van der Waals surface area contributed by atoms with Crippen molar-refractivity contribution >= 4 is 11.9 Å². The number of quaternary nitrogens is 1. The van der Waals surface area contributed by atoms with Gasteiger partial charge in [-0.25, -0.2) is 4.79 Å². The predicted molar refractivity (Wildman–Crippen MR) is 63.2 cm³/mol. The Bertz CT molecular complexity index is 295. The minimum Gasteiger partial charge on any atom is -0.550 e. The Kier molecular flexibility index (Phi) is 6.28. The number of ether oxygens (including phenoxy) is 1. The van der Waals surface area contributed by atoms with Gasteiger partial charge in [0.15, 0.2) is 12.2 Å². The van der Waals surface area contributed by atoms with Crippen LogP contribution in [0.1, 0.15) is 20.3 Å². The van der Waals surface area contributed by atoms with E-state index in [4.69, 9.17) is 4.74 Å². The Morgan fingerprint density at radius 2 is 1.78 bits per heavy atom. The Morgan fingerprint density at radius 1 is 1.28 bits per heavy atom. The van der Waals surface area contributed by atoms with Crippen LogP contribution in [0.2, 0.25) is 0 Å². The third-order valence-electron chi connectivity index (χ3n) is 2.30. The zero-order valence-corrected chi connectivity index (χ0v) is 11.7. The number of carbonyl (C=O) groups is 2. The lowest BCUT2D eigenvalue weighted by molar-refractivity contribution is -0.873. The fraction of sp³-hybridized carbons (Fsp3) is 0.833. The number of esters is 1. The van der Waals surface area contributed by atoms with Gasteiger partial charge in [-0.1, -0.05) is 13.8 Å². The molecule has 0 fully saturated rings. The van der Waals surface area contributed by atoms with Crippen molar-refractivity contribution in [1.82, 2.24) is 0 Å². The van der Waals surface area contributed by atoms with E-state index in [2.05, 4.69) is 0 Å². The average molecular weight is 261 g/mol. The molecule has 0 aromatic heterocycles. The van der Waals surface area contributed by atoms with E-state index in [0.717, 1.165) is 0 Å². The van der Waals surface area contributed by atoms with E-state index in [1.54, 1.807) is 13.8 Å². The van der Waals surface area contributed by atoms with Crippen LogP contribution < -0.4 is 5.11 Å². The van der Waals surface area contributed by atoms with Crippen LogP contribution in [-0.4, -0.2) is 61.4 Å². The van der Waals surface area contributed by atoms with E-state index < -0.39 is 24.1 Å². The minimum absolute atomic E-state index is 0.273. The molecule has 6 heteroatoms. The number of hydrogen-bond acceptors (Lipinski definition) is 5. The maximum Gasteiger partial charge on any atom is 0.335 e. The van der Waals surface area contributed by atoms with Gasteiger partial charge in [-0.15, -0.1) is 0 Å². The molecular weight excluding hydrogens is 238 g/mol. The van der Waals surface area contributed by atoms with Gasteiger partial charge < -0.3 is 24.2 Å². The molecule has 0 saturated heterocycles. The van der Waals surface area contributed by atoms with E-state index in [1.807, 2.05) is 21.1 Å². The second kappa shape index (κ2) is 6.70. The largest absolute Gasteiger partial charge is 0.550 e. The second-order valence-corrected chi connectivity index (χ2v) is 5.80. The first-order valence-electron chi connectivity index (χ1n) is 5.92. The summed E-state index contributed by atoms with van der Waals surface area (Å²) < 4.78 is 5.48. The predicted octanol–water partition coefficient (Wildman–Crippen LogP) is -1.24. The Balaban J connectivity index is 4.59. The molecule has 1 N–H and O–H groups in total. The first-order chi connectivity index (χ1) is 8.03. The Labute approximate surface area is 108 Å². The lowest BCUT2D eigenvalue weighted by Crippen LogP contribution is -2.46. The highest BCUT2D eigenvalue weighted by atomic mass is 16.6. The normalized spacial score (nSPS) is 15.3. The number of likely N-dealkylation sites (N-methyl/N-ethyl adjacent to an activating group) is 1. The van der Waals surface area contributed by atoms with Gasteiger partial charge in [0, 0.05) is 12.4 Å². The summed E-state index contributed by atoms with van der Waals surface area (Å²) in [6, 6.07) is 0. The van der Waals surface area contributed by atoms with Crippen LogP contribution in [-0.2, 0) is 14.3 Å². The molecule has 0 radical (unpaired) electrons. The third-order valence-corrected chi connectivity index (χ3v) is 2.30. The van der Waals surface area contributed by atoms with Crippen LogP contribution in [0.5, 0.6) is 0 Å². The van der Waals surface area contributed by atoms with Gasteiger partial charge in [-0.2, -0.15) is 0 Å². The molecule has 0 aliphatic rings. The summed E-state index contributed by atoms with van der Waals surface area (Å²) in [6.07, 6.45) is -2.40. The summed E-state index contributed by atoms with van der Waals surface area (Å²) in [5.74, 6) is -2.34. The van der Waals surface area contributed by atoms with Crippen LogP contribution >= 0.6 is 0 Å². The maximum absolute atomic E-state index is 11.6. The van der Waals surface area contributed by atoms with Gasteiger partial charge >= 0.3 is 5.97 Å². The molecule has 0 aromatic carbocycles. The van der Waals surface area contributed by atoms with Crippen molar-refractivity contribution in [1.29, 1.82) is 0 Å². The summed E-state index contributed by atoms with van der Waals surface area (Å²) in [7, 11) is 5.57. The van der Waals surface area contributed by atoms with Crippen LogP contribution in [0.25, 0.3) is 0 Å². The molecule has 0 amide bonds. The molecule has 0 saturated carbocycles. The number of carbonyl (C=O) groups excluding carboxylic acids is 2. The molecule has 106 valence electrons. The summed E-state index contributed by atoms with van der Waals surface area (Å²) in [4.78, 5) is 22.2. The third kappa shape index (κ3) is 7.24. The van der Waals surface area contributed by atoms with Crippen molar-refractivity contribution in [2.24, 2.45) is 5.92 Å². The van der Waals surface area contributed by atoms with Gasteiger partial charge in [0.05, 0.1) is 21.1 Å². The van der Waals surface area contributed by atoms with E-state index in [1.165, 1.54) is 0 Å². The van der Waals surface area contributed by atoms with Crippen molar-refractivity contribution < 1.29 is 29.0 Å². The van der Waals surface area contributed by atoms with E-state index >= 15 is 0 Å². The molecule has 0 spiro atoms. The Morgan fingerprint density at radius 3 is 2.11 bits per heavy atom. The number of carboxylic acids is 1. The van der Waals surface area contributed by atoms with Crippen LogP contribution in [0.3, 0.4) is 0 Å². The Hall–Kier alpha value is -1.14. The first kappa shape index (κ1) is 16.9. The smallest absolute Gasteiger partial charge is 0.335 e. The highest BCUT2D eigenvalue weighted by Crippen LogP contribution is 2.09. The van der Waals surface area contributed by atoms with E-state index in [0.29, 0.717) is 11.0 Å². The quantitative estimate of drug-likeness (QED) is 0.457. The van der Waals surface area contributed by atoms with Crippen LogP contribution in [0, 0.1) is 5.92 Å². The van der Waals surface area contributed by atoms with Crippen LogP contribution in [0.4, 0.5) is 0 Å². The summed E-state index contributed by atoms with van der Waals surface area (Å²) in [5.41, 5.74) is 0. The molecular formula is C12H23NO5. The standard InChI is InChI=1S/C12H23NO5/c1-8(2)11(16)12(17)18-9(6-10(14)15)7-13(3,4)5/h8-9,11,16H,6-7H2,1-5H3/t9-,11-/m1/s1. The lowest BCUT2D eigenvalue weighted by atomic mass is 10.1. The maximum atomic E-state index is 11.6. The van der Waals surface area contributed by atoms with Gasteiger partial charge in [0.25, 0.3) is 0 Å². The fourth-order valence-electron chi connectivity index (χ4n) is 1.45. The number of aliphatic hydroxyl groups excluding tert-OH is 1. The highest BCUT2D eigenvalue weighted by molar-refractivity contribution is 5.75. The number of carboxylic acid groups (broad SMARTS) is 1. The van der Waals surface area contributed by atoms with Gasteiger partial charge in [0.2, 0.25) is 0 Å². The molecule has 18 heavy (non-hydrogen) atoms. The van der Waals surface area contributed by atoms with Gasteiger partial charge in [-0.3, -0.25) is 0 Å². The molecule has 6 nitrogen and oxygen atoms in total. The molecule has 0 aromatic rings. The van der Waals surface area contributed by atoms with E-state index in [9.17, 15) is 19.8 Å². The number of hydrogen-bond donors (Lipinski definition) is 1. The number of aliphatic carboxylic acids is 1. The van der Waals surface area contributed by atoms with Crippen molar-refractivity contribution in [3.8, 4) is 0 Å². The van der Waals surface area contributed by atoms with Crippen molar-refractivity contribution in [2.45, 2.75) is 32.5 Å². The average Bonchev–Trinajstić information content (AvgIpc) is 2.11. The zero-order chi connectivity index (χ0) is 14.5. The molecule has 0 heterocycles. The second-order valence-electron chi connectivity index (χ2n) is 5.80. The summed E-state index contributed by atoms with van der Waals surface area (Å²) >= 11 is 0. The minimum atomic E-state index is -1.28. The van der Waals surface area contributed by atoms with Gasteiger partial charge in [-0.05, 0) is 5.92 Å². The molecule has 0 aliphatic heterocycles. The van der Waals surface area contributed by atoms with Crippen LogP contribution in [0.15, 0.2) is 0 Å². The highest BCUT2D eigenvalue weighted by Gasteiger charge is 2.27. The molecule has 0 unspecified atom stereocenters. The number of rotatable bonds is 7.